The Morgan fingerprint density at radius 3 is 2.54 bits per heavy atom. The quantitative estimate of drug-likeness (QED) is 0.460. The van der Waals surface area contributed by atoms with Crippen molar-refractivity contribution in [2.45, 2.75) is 52.6 Å². The lowest BCUT2D eigenvalue weighted by Gasteiger charge is -2.29. The highest BCUT2D eigenvalue weighted by Crippen LogP contribution is 2.37. The third-order valence-corrected chi connectivity index (χ3v) is 6.57. The first-order chi connectivity index (χ1) is 16.9. The molecule has 1 aliphatic rings. The average molecular weight is 472 g/mol. The fraction of sp³-hybridized carbons (Fsp3) is 0.345. The second-order valence-corrected chi connectivity index (χ2v) is 9.22. The minimum atomic E-state index is -0.582. The van der Waals surface area contributed by atoms with Gasteiger partial charge in [-0.1, -0.05) is 61.0 Å². The normalized spacial score (nSPS) is 13.2. The van der Waals surface area contributed by atoms with E-state index in [1.54, 1.807) is 16.7 Å². The summed E-state index contributed by atoms with van der Waals surface area (Å²) in [5.74, 6) is -0.258. The highest BCUT2D eigenvalue weighted by Gasteiger charge is 2.30. The molecule has 6 heteroatoms. The summed E-state index contributed by atoms with van der Waals surface area (Å²) in [6, 6.07) is 19.1. The maximum Gasteiger partial charge on any atom is 0.258 e. The van der Waals surface area contributed by atoms with Crippen LogP contribution >= 0.6 is 0 Å². The second kappa shape index (κ2) is 10.7. The SMILES string of the molecule is CCCNC(=O)[C@H](C)N(Cc1cccc(C)c1)C(=O)CCCN1C(=O)c2cccc3cccc1c23. The highest BCUT2D eigenvalue weighted by atomic mass is 16.2. The molecule has 1 aliphatic heterocycles. The molecule has 3 aromatic rings. The molecule has 6 nitrogen and oxygen atoms in total. The molecule has 0 fully saturated rings. The molecule has 0 unspecified atom stereocenters. The van der Waals surface area contributed by atoms with E-state index in [0.29, 0.717) is 31.6 Å². The van der Waals surface area contributed by atoms with E-state index in [0.717, 1.165) is 34.0 Å². The van der Waals surface area contributed by atoms with Crippen LogP contribution in [0.25, 0.3) is 10.8 Å². The summed E-state index contributed by atoms with van der Waals surface area (Å²) >= 11 is 0. The van der Waals surface area contributed by atoms with Crippen molar-refractivity contribution in [2.75, 3.05) is 18.0 Å². The number of anilines is 1. The first-order valence-electron chi connectivity index (χ1n) is 12.4. The lowest BCUT2D eigenvalue weighted by molar-refractivity contribution is -0.140. The first kappa shape index (κ1) is 24.5. The van der Waals surface area contributed by atoms with Gasteiger partial charge in [-0.05, 0) is 49.8 Å². The summed E-state index contributed by atoms with van der Waals surface area (Å²) in [5.41, 5.74) is 3.72. The number of benzene rings is 3. The molecule has 0 saturated carbocycles. The van der Waals surface area contributed by atoms with Crippen molar-refractivity contribution in [3.05, 3.63) is 77.4 Å². The Hall–Kier alpha value is -3.67. The fourth-order valence-corrected chi connectivity index (χ4v) is 4.72. The number of hydrogen-bond donors (Lipinski definition) is 1. The van der Waals surface area contributed by atoms with Gasteiger partial charge in [0.1, 0.15) is 6.04 Å². The number of carbonyl (C=O) groups is 3. The zero-order chi connectivity index (χ0) is 24.9. The van der Waals surface area contributed by atoms with Crippen LogP contribution in [-0.4, -0.2) is 41.8 Å². The van der Waals surface area contributed by atoms with E-state index in [4.69, 9.17) is 0 Å². The second-order valence-electron chi connectivity index (χ2n) is 9.22. The molecule has 0 aromatic heterocycles. The molecule has 0 aliphatic carbocycles. The number of hydrogen-bond acceptors (Lipinski definition) is 3. The average Bonchev–Trinajstić information content (AvgIpc) is 3.13. The molecule has 1 heterocycles. The molecule has 182 valence electrons. The number of amides is 3. The van der Waals surface area contributed by atoms with E-state index < -0.39 is 6.04 Å². The van der Waals surface area contributed by atoms with Gasteiger partial charge in [0.05, 0.1) is 5.69 Å². The maximum absolute atomic E-state index is 13.4. The zero-order valence-corrected chi connectivity index (χ0v) is 20.7. The standard InChI is InChI=1S/C29H33N3O3/c1-4-16-30-28(34)21(3)32(19-22-10-5-9-20(2)18-22)26(33)15-8-17-31-25-14-7-12-23-11-6-13-24(27(23)25)29(31)35/h5-7,9-14,18,21H,4,8,15-17,19H2,1-3H3,(H,30,34)/t21-/m0/s1. The van der Waals surface area contributed by atoms with Crippen LogP contribution in [-0.2, 0) is 16.1 Å². The summed E-state index contributed by atoms with van der Waals surface area (Å²) in [6.45, 7) is 7.19. The Labute approximate surface area is 206 Å². The van der Waals surface area contributed by atoms with Crippen molar-refractivity contribution in [2.24, 2.45) is 0 Å². The molecule has 0 bridgehead atoms. The molecule has 0 spiro atoms. The minimum absolute atomic E-state index is 0.0202. The molecular weight excluding hydrogens is 438 g/mol. The van der Waals surface area contributed by atoms with E-state index >= 15 is 0 Å². The van der Waals surface area contributed by atoms with Crippen molar-refractivity contribution < 1.29 is 14.4 Å². The number of rotatable bonds is 10. The molecule has 35 heavy (non-hydrogen) atoms. The van der Waals surface area contributed by atoms with E-state index in [1.165, 1.54) is 0 Å². The van der Waals surface area contributed by atoms with Gasteiger partial charge in [-0.25, -0.2) is 0 Å². The topological polar surface area (TPSA) is 69.7 Å². The lowest BCUT2D eigenvalue weighted by Crippen LogP contribution is -2.47. The van der Waals surface area contributed by atoms with Gasteiger partial charge in [-0.15, -0.1) is 0 Å². The van der Waals surface area contributed by atoms with Crippen LogP contribution in [0, 0.1) is 6.92 Å². The molecule has 3 amide bonds. The summed E-state index contributed by atoms with van der Waals surface area (Å²) in [4.78, 5) is 42.5. The molecule has 4 rings (SSSR count). The van der Waals surface area contributed by atoms with E-state index in [-0.39, 0.29) is 24.1 Å². The van der Waals surface area contributed by atoms with Crippen molar-refractivity contribution in [3.63, 3.8) is 0 Å². The fourth-order valence-electron chi connectivity index (χ4n) is 4.72. The van der Waals surface area contributed by atoms with E-state index in [9.17, 15) is 14.4 Å². The zero-order valence-electron chi connectivity index (χ0n) is 20.7. The van der Waals surface area contributed by atoms with Crippen molar-refractivity contribution >= 4 is 34.2 Å². The summed E-state index contributed by atoms with van der Waals surface area (Å²) < 4.78 is 0. The molecular formula is C29H33N3O3. The Kier molecular flexibility index (Phi) is 7.49. The molecule has 0 saturated heterocycles. The Balaban J connectivity index is 1.45. The molecule has 0 radical (unpaired) electrons. The van der Waals surface area contributed by atoms with Crippen LogP contribution in [0.3, 0.4) is 0 Å². The Morgan fingerprint density at radius 2 is 1.80 bits per heavy atom. The molecule has 1 N–H and O–H groups in total. The predicted molar refractivity (Wildman–Crippen MR) is 139 cm³/mol. The highest BCUT2D eigenvalue weighted by molar-refractivity contribution is 6.25. The van der Waals surface area contributed by atoms with Gasteiger partial charge >= 0.3 is 0 Å². The molecule has 1 atom stereocenters. The summed E-state index contributed by atoms with van der Waals surface area (Å²) in [5, 5.41) is 4.93. The summed E-state index contributed by atoms with van der Waals surface area (Å²) in [6.07, 6.45) is 1.61. The van der Waals surface area contributed by atoms with Crippen LogP contribution in [0.2, 0.25) is 0 Å². The van der Waals surface area contributed by atoms with Gasteiger partial charge in [-0.3, -0.25) is 14.4 Å². The summed E-state index contributed by atoms with van der Waals surface area (Å²) in [7, 11) is 0. The van der Waals surface area contributed by atoms with Crippen LogP contribution in [0.5, 0.6) is 0 Å². The van der Waals surface area contributed by atoms with Crippen molar-refractivity contribution in [1.82, 2.24) is 10.2 Å². The van der Waals surface area contributed by atoms with Gasteiger partial charge in [0.2, 0.25) is 11.8 Å². The van der Waals surface area contributed by atoms with Crippen LogP contribution < -0.4 is 10.2 Å². The van der Waals surface area contributed by atoms with Crippen LogP contribution in [0.4, 0.5) is 5.69 Å². The van der Waals surface area contributed by atoms with E-state index in [1.807, 2.05) is 74.5 Å². The van der Waals surface area contributed by atoms with Gasteiger partial charge in [0.15, 0.2) is 0 Å². The molecule has 3 aromatic carbocycles. The monoisotopic (exact) mass is 471 g/mol. The number of nitrogens with zero attached hydrogens (tertiary/aromatic N) is 2. The Morgan fingerprint density at radius 1 is 1.06 bits per heavy atom. The third kappa shape index (κ3) is 5.21. The predicted octanol–water partition coefficient (Wildman–Crippen LogP) is 4.83. The first-order valence-corrected chi connectivity index (χ1v) is 12.4. The van der Waals surface area contributed by atoms with Crippen LogP contribution in [0.15, 0.2) is 60.7 Å². The number of nitrogens with one attached hydrogen (secondary N) is 1. The van der Waals surface area contributed by atoms with Gasteiger partial charge in [0.25, 0.3) is 5.91 Å². The van der Waals surface area contributed by atoms with Gasteiger partial charge < -0.3 is 15.1 Å². The minimum Gasteiger partial charge on any atom is -0.354 e. The lowest BCUT2D eigenvalue weighted by atomic mass is 10.1. The number of carbonyl (C=O) groups excluding carboxylic acids is 3. The van der Waals surface area contributed by atoms with Gasteiger partial charge in [0, 0.05) is 37.0 Å². The largest absolute Gasteiger partial charge is 0.354 e. The van der Waals surface area contributed by atoms with Crippen LogP contribution in [0.1, 0.15) is 54.6 Å². The van der Waals surface area contributed by atoms with Gasteiger partial charge in [-0.2, -0.15) is 0 Å². The van der Waals surface area contributed by atoms with Crippen molar-refractivity contribution in [1.29, 1.82) is 0 Å². The maximum atomic E-state index is 13.4. The number of aryl methyl sites for hydroxylation is 1. The smallest absolute Gasteiger partial charge is 0.258 e. The Bertz CT molecular complexity index is 1250. The third-order valence-electron chi connectivity index (χ3n) is 6.57. The van der Waals surface area contributed by atoms with Crippen molar-refractivity contribution in [3.8, 4) is 0 Å². The van der Waals surface area contributed by atoms with E-state index in [2.05, 4.69) is 5.32 Å².